The summed E-state index contributed by atoms with van der Waals surface area (Å²) in [4.78, 5) is 13.1. The van der Waals surface area contributed by atoms with Crippen LogP contribution >= 0.6 is 0 Å². The van der Waals surface area contributed by atoms with Crippen LogP contribution in [-0.4, -0.2) is 24.7 Å². The second-order valence-electron chi connectivity index (χ2n) is 7.75. The summed E-state index contributed by atoms with van der Waals surface area (Å²) in [5, 5.41) is 8.22. The molecule has 0 bridgehead atoms. The molecule has 3 aromatic heterocycles. The third-order valence-corrected chi connectivity index (χ3v) is 5.39. The van der Waals surface area contributed by atoms with Gasteiger partial charge in [0.25, 0.3) is 0 Å². The van der Waals surface area contributed by atoms with E-state index in [1.807, 2.05) is 6.07 Å². The predicted octanol–water partition coefficient (Wildman–Crippen LogP) is 5.27. The van der Waals surface area contributed by atoms with Crippen LogP contribution in [0.5, 0.6) is 0 Å². The maximum atomic E-state index is 14.8. The quantitative estimate of drug-likeness (QED) is 0.374. The zero-order chi connectivity index (χ0) is 23.7. The Balaban J connectivity index is 1.53. The minimum absolute atomic E-state index is 0.00696. The van der Waals surface area contributed by atoms with E-state index in [2.05, 4.69) is 25.4 Å². The van der Waals surface area contributed by atoms with Crippen molar-refractivity contribution < 1.29 is 13.2 Å². The van der Waals surface area contributed by atoms with E-state index in [1.54, 1.807) is 54.2 Å². The van der Waals surface area contributed by atoms with Crippen molar-refractivity contribution in [2.75, 3.05) is 5.32 Å². The number of aryl methyl sites for hydroxylation is 1. The molecule has 5 rings (SSSR count). The summed E-state index contributed by atoms with van der Waals surface area (Å²) in [6, 6.07) is 15.9. The third-order valence-electron chi connectivity index (χ3n) is 5.39. The number of halogens is 3. The first kappa shape index (κ1) is 21.6. The number of rotatable bonds is 6. The van der Waals surface area contributed by atoms with Crippen molar-refractivity contribution in [1.29, 1.82) is 0 Å². The van der Waals surface area contributed by atoms with E-state index in [0.29, 0.717) is 22.3 Å². The summed E-state index contributed by atoms with van der Waals surface area (Å²) >= 11 is 0. The Bertz CT molecular complexity index is 1480. The maximum absolute atomic E-state index is 14.8. The maximum Gasteiger partial charge on any atom is 0.186 e. The van der Waals surface area contributed by atoms with Gasteiger partial charge in [-0.1, -0.05) is 30.3 Å². The van der Waals surface area contributed by atoms with Gasteiger partial charge in [0.05, 0.1) is 17.6 Å². The molecule has 0 atom stereocenters. The van der Waals surface area contributed by atoms with Crippen LogP contribution in [0.2, 0.25) is 0 Å². The van der Waals surface area contributed by atoms with Crippen molar-refractivity contribution in [3.05, 3.63) is 101 Å². The van der Waals surface area contributed by atoms with Crippen LogP contribution in [0.4, 0.5) is 19.0 Å². The molecule has 0 unspecified atom stereocenters. The average molecular weight is 460 g/mol. The molecule has 0 amide bonds. The summed E-state index contributed by atoms with van der Waals surface area (Å²) in [5.41, 5.74) is 2.32. The van der Waals surface area contributed by atoms with Gasteiger partial charge >= 0.3 is 0 Å². The Morgan fingerprint density at radius 3 is 2.50 bits per heavy atom. The van der Waals surface area contributed by atoms with E-state index in [1.165, 1.54) is 18.2 Å². The Hall–Kier alpha value is -4.27. The lowest BCUT2D eigenvalue weighted by molar-refractivity contribution is 0.589. The van der Waals surface area contributed by atoms with Crippen LogP contribution in [0, 0.1) is 24.4 Å². The molecule has 5 aromatic rings. The molecule has 0 aliphatic rings. The van der Waals surface area contributed by atoms with E-state index >= 15 is 0 Å². The van der Waals surface area contributed by atoms with Crippen LogP contribution in [0.25, 0.3) is 22.6 Å². The molecular formula is C25H19F3N6. The molecule has 0 saturated carbocycles. The predicted molar refractivity (Wildman–Crippen MR) is 122 cm³/mol. The molecule has 2 aromatic carbocycles. The molecule has 34 heavy (non-hydrogen) atoms. The fourth-order valence-electron chi connectivity index (χ4n) is 3.64. The van der Waals surface area contributed by atoms with Crippen molar-refractivity contribution in [3.63, 3.8) is 0 Å². The van der Waals surface area contributed by atoms with Crippen LogP contribution in [0.15, 0.2) is 66.9 Å². The number of nitrogens with zero attached hydrogens (tertiary/aromatic N) is 5. The molecule has 0 fully saturated rings. The highest BCUT2D eigenvalue weighted by atomic mass is 19.1. The zero-order valence-corrected chi connectivity index (χ0v) is 18.1. The summed E-state index contributed by atoms with van der Waals surface area (Å²) in [7, 11) is 0. The van der Waals surface area contributed by atoms with E-state index < -0.39 is 5.82 Å². The molecule has 0 aliphatic carbocycles. The van der Waals surface area contributed by atoms with Gasteiger partial charge in [0, 0.05) is 18.3 Å². The summed E-state index contributed by atoms with van der Waals surface area (Å²) in [6.07, 6.45) is 1.62. The zero-order valence-electron chi connectivity index (χ0n) is 18.1. The van der Waals surface area contributed by atoms with Crippen LogP contribution in [-0.2, 0) is 13.1 Å². The molecule has 170 valence electrons. The van der Waals surface area contributed by atoms with Crippen molar-refractivity contribution in [2.24, 2.45) is 0 Å². The molecule has 0 spiro atoms. The fraction of sp³-hybridized carbons (Fsp3) is 0.120. The van der Waals surface area contributed by atoms with Crippen molar-refractivity contribution in [1.82, 2.24) is 24.7 Å². The number of hydrogen-bond donors (Lipinski definition) is 1. The van der Waals surface area contributed by atoms with Gasteiger partial charge in [0.2, 0.25) is 0 Å². The standard InChI is InChI=1S/C25H19F3N6/c1-15-21(28)23(30-13-16-8-10-18(26)11-9-16)32-24(31-15)22-19-6-4-12-29-25(19)34(33-22)14-17-5-2-3-7-20(17)27/h2-12H,13-14H2,1H3,(H,30,31,32). The lowest BCUT2D eigenvalue weighted by Gasteiger charge is -2.10. The van der Waals surface area contributed by atoms with Crippen LogP contribution in [0.3, 0.4) is 0 Å². The Labute approximate surface area is 193 Å². The second kappa shape index (κ2) is 8.93. The normalized spacial score (nSPS) is 11.2. The summed E-state index contributed by atoms with van der Waals surface area (Å²) in [6.45, 7) is 1.95. The Morgan fingerprint density at radius 1 is 0.912 bits per heavy atom. The van der Waals surface area contributed by atoms with Crippen molar-refractivity contribution in [3.8, 4) is 11.5 Å². The highest BCUT2D eigenvalue weighted by Crippen LogP contribution is 2.27. The number of hydrogen-bond acceptors (Lipinski definition) is 5. The summed E-state index contributed by atoms with van der Waals surface area (Å²) in [5.74, 6) is -1.05. The molecular weight excluding hydrogens is 441 g/mol. The number of benzene rings is 2. The third kappa shape index (κ3) is 4.19. The number of fused-ring (bicyclic) bond motifs is 1. The first-order valence-corrected chi connectivity index (χ1v) is 10.6. The smallest absolute Gasteiger partial charge is 0.186 e. The molecule has 6 nitrogen and oxygen atoms in total. The van der Waals surface area contributed by atoms with E-state index in [4.69, 9.17) is 0 Å². The number of pyridine rings is 1. The van der Waals surface area contributed by atoms with Crippen LogP contribution < -0.4 is 5.32 Å². The summed E-state index contributed by atoms with van der Waals surface area (Å²) < 4.78 is 43.8. The van der Waals surface area contributed by atoms with Crippen LogP contribution in [0.1, 0.15) is 16.8 Å². The van der Waals surface area contributed by atoms with Gasteiger partial charge in [-0.25, -0.2) is 32.8 Å². The van der Waals surface area contributed by atoms with Crippen molar-refractivity contribution >= 4 is 16.9 Å². The topological polar surface area (TPSA) is 68.5 Å². The SMILES string of the molecule is Cc1nc(-c2nn(Cc3ccccc3F)c3ncccc23)nc(NCc2ccc(F)cc2)c1F. The molecule has 9 heteroatoms. The minimum Gasteiger partial charge on any atom is -0.363 e. The van der Waals surface area contributed by atoms with Gasteiger partial charge < -0.3 is 5.32 Å². The van der Waals surface area contributed by atoms with Crippen molar-refractivity contribution in [2.45, 2.75) is 20.0 Å². The van der Waals surface area contributed by atoms with Gasteiger partial charge in [0.15, 0.2) is 23.1 Å². The minimum atomic E-state index is -0.584. The molecule has 1 N–H and O–H groups in total. The van der Waals surface area contributed by atoms with E-state index in [-0.39, 0.29) is 42.1 Å². The molecule has 3 heterocycles. The first-order valence-electron chi connectivity index (χ1n) is 10.6. The Kier molecular flexibility index (Phi) is 5.67. The van der Waals surface area contributed by atoms with Gasteiger partial charge in [-0.3, -0.25) is 0 Å². The Morgan fingerprint density at radius 2 is 1.71 bits per heavy atom. The number of aromatic nitrogens is 5. The lowest BCUT2D eigenvalue weighted by Crippen LogP contribution is -2.08. The highest BCUT2D eigenvalue weighted by molar-refractivity contribution is 5.89. The average Bonchev–Trinajstić information content (AvgIpc) is 3.21. The number of anilines is 1. The molecule has 0 radical (unpaired) electrons. The largest absolute Gasteiger partial charge is 0.363 e. The molecule has 0 aliphatic heterocycles. The van der Waals surface area contributed by atoms with E-state index in [0.717, 1.165) is 5.56 Å². The number of nitrogens with one attached hydrogen (secondary N) is 1. The highest BCUT2D eigenvalue weighted by Gasteiger charge is 2.20. The fourth-order valence-corrected chi connectivity index (χ4v) is 3.64. The monoisotopic (exact) mass is 460 g/mol. The lowest BCUT2D eigenvalue weighted by atomic mass is 10.2. The molecule has 0 saturated heterocycles. The van der Waals surface area contributed by atoms with Gasteiger partial charge in [0.1, 0.15) is 17.3 Å². The second-order valence-corrected chi connectivity index (χ2v) is 7.75. The van der Waals surface area contributed by atoms with Gasteiger partial charge in [-0.2, -0.15) is 5.10 Å². The van der Waals surface area contributed by atoms with Gasteiger partial charge in [-0.15, -0.1) is 0 Å². The first-order chi connectivity index (χ1) is 16.5. The van der Waals surface area contributed by atoms with E-state index in [9.17, 15) is 13.2 Å². The van der Waals surface area contributed by atoms with Gasteiger partial charge in [-0.05, 0) is 42.8 Å².